The number of para-hydroxylation sites is 1. The predicted molar refractivity (Wildman–Crippen MR) is 98.4 cm³/mol. The molecule has 0 saturated carbocycles. The molecule has 0 fully saturated rings. The summed E-state index contributed by atoms with van der Waals surface area (Å²) >= 11 is 0. The highest BCUT2D eigenvalue weighted by Gasteiger charge is 2.08. The van der Waals surface area contributed by atoms with Crippen LogP contribution in [0.2, 0.25) is 0 Å². The van der Waals surface area contributed by atoms with E-state index in [9.17, 15) is 4.39 Å². The molecule has 0 amide bonds. The van der Waals surface area contributed by atoms with Crippen LogP contribution in [0, 0.1) is 5.82 Å². The standard InChI is InChI=1S/C21H18FN3O/c22-19-14-18(26-15-16-6-2-1-3-7-16)11-10-17(19)12-13-25-21-9-5-4-8-20(21)23-24-25/h1-11,14H,12-13,15H2. The maximum absolute atomic E-state index is 14.4. The number of hydrogen-bond donors (Lipinski definition) is 0. The summed E-state index contributed by atoms with van der Waals surface area (Å²) in [7, 11) is 0. The van der Waals surface area contributed by atoms with E-state index in [-0.39, 0.29) is 5.82 Å². The molecule has 0 aliphatic heterocycles. The number of ether oxygens (including phenoxy) is 1. The summed E-state index contributed by atoms with van der Waals surface area (Å²) in [6.07, 6.45) is 0.540. The number of aromatic nitrogens is 3. The lowest BCUT2D eigenvalue weighted by molar-refractivity contribution is 0.304. The highest BCUT2D eigenvalue weighted by molar-refractivity contribution is 5.73. The first-order valence-corrected chi connectivity index (χ1v) is 8.53. The Labute approximate surface area is 150 Å². The number of nitrogens with zero attached hydrogens (tertiary/aromatic N) is 3. The van der Waals surface area contributed by atoms with Gasteiger partial charge in [0.15, 0.2) is 0 Å². The molecule has 26 heavy (non-hydrogen) atoms. The SMILES string of the molecule is Fc1cc(OCc2ccccc2)ccc1CCn1nnc2ccccc21. The van der Waals surface area contributed by atoms with E-state index in [1.54, 1.807) is 16.8 Å². The Morgan fingerprint density at radius 3 is 2.58 bits per heavy atom. The van der Waals surface area contributed by atoms with Crippen LogP contribution >= 0.6 is 0 Å². The fourth-order valence-electron chi connectivity index (χ4n) is 2.87. The van der Waals surface area contributed by atoms with Crippen molar-refractivity contribution in [3.63, 3.8) is 0 Å². The Hall–Kier alpha value is -3.21. The summed E-state index contributed by atoms with van der Waals surface area (Å²) in [6, 6.07) is 22.6. The van der Waals surface area contributed by atoms with Crippen LogP contribution in [0.4, 0.5) is 4.39 Å². The van der Waals surface area contributed by atoms with E-state index in [2.05, 4.69) is 10.3 Å². The lowest BCUT2D eigenvalue weighted by Gasteiger charge is -2.09. The molecule has 0 unspecified atom stereocenters. The molecule has 0 aliphatic rings. The molecular weight excluding hydrogens is 329 g/mol. The lowest BCUT2D eigenvalue weighted by atomic mass is 10.1. The van der Waals surface area contributed by atoms with Crippen molar-refractivity contribution in [2.45, 2.75) is 19.6 Å². The van der Waals surface area contributed by atoms with Gasteiger partial charge >= 0.3 is 0 Å². The van der Waals surface area contributed by atoms with Crippen LogP contribution in [-0.2, 0) is 19.6 Å². The molecule has 4 nitrogen and oxygen atoms in total. The Bertz CT molecular complexity index is 1010. The molecule has 0 radical (unpaired) electrons. The van der Waals surface area contributed by atoms with Gasteiger partial charge in [-0.3, -0.25) is 0 Å². The van der Waals surface area contributed by atoms with Crippen LogP contribution in [0.15, 0.2) is 72.8 Å². The molecule has 5 heteroatoms. The van der Waals surface area contributed by atoms with Gasteiger partial charge in [-0.1, -0.05) is 53.7 Å². The number of hydrogen-bond acceptors (Lipinski definition) is 3. The Kier molecular flexibility index (Phi) is 4.60. The maximum Gasteiger partial charge on any atom is 0.130 e. The van der Waals surface area contributed by atoms with Gasteiger partial charge in [0.1, 0.15) is 23.7 Å². The molecule has 1 aromatic heterocycles. The molecule has 1 heterocycles. The number of rotatable bonds is 6. The number of benzene rings is 3. The van der Waals surface area contributed by atoms with Gasteiger partial charge in [0.05, 0.1) is 5.52 Å². The van der Waals surface area contributed by atoms with Crippen molar-refractivity contribution in [2.75, 3.05) is 0 Å². The van der Waals surface area contributed by atoms with Gasteiger partial charge in [0.25, 0.3) is 0 Å². The third kappa shape index (κ3) is 3.57. The third-order valence-electron chi connectivity index (χ3n) is 4.29. The number of fused-ring (bicyclic) bond motifs is 1. The van der Waals surface area contributed by atoms with Crippen molar-refractivity contribution < 1.29 is 9.13 Å². The minimum absolute atomic E-state index is 0.264. The van der Waals surface area contributed by atoms with Crippen LogP contribution in [0.25, 0.3) is 11.0 Å². The van der Waals surface area contributed by atoms with E-state index in [1.807, 2.05) is 54.6 Å². The molecule has 4 rings (SSSR count). The minimum Gasteiger partial charge on any atom is -0.489 e. The first kappa shape index (κ1) is 16.3. The highest BCUT2D eigenvalue weighted by atomic mass is 19.1. The molecule has 0 atom stereocenters. The third-order valence-corrected chi connectivity index (χ3v) is 4.29. The van der Waals surface area contributed by atoms with E-state index < -0.39 is 0 Å². The van der Waals surface area contributed by atoms with E-state index in [4.69, 9.17) is 4.74 Å². The number of halogens is 1. The largest absolute Gasteiger partial charge is 0.489 e. The van der Waals surface area contributed by atoms with Gasteiger partial charge in [0.2, 0.25) is 0 Å². The monoisotopic (exact) mass is 347 g/mol. The smallest absolute Gasteiger partial charge is 0.130 e. The molecular formula is C21H18FN3O. The van der Waals surface area contributed by atoms with Crippen molar-refractivity contribution in [3.05, 3.63) is 89.7 Å². The zero-order valence-electron chi connectivity index (χ0n) is 14.2. The summed E-state index contributed by atoms with van der Waals surface area (Å²) in [4.78, 5) is 0. The molecule has 0 aliphatic carbocycles. The highest BCUT2D eigenvalue weighted by Crippen LogP contribution is 2.19. The summed E-state index contributed by atoms with van der Waals surface area (Å²) < 4.78 is 21.9. The normalized spacial score (nSPS) is 11.0. The van der Waals surface area contributed by atoms with Gasteiger partial charge in [-0.2, -0.15) is 0 Å². The summed E-state index contributed by atoms with van der Waals surface area (Å²) in [5.74, 6) is 0.265. The summed E-state index contributed by atoms with van der Waals surface area (Å²) in [5.41, 5.74) is 3.49. The second-order valence-corrected chi connectivity index (χ2v) is 6.08. The van der Waals surface area contributed by atoms with Crippen LogP contribution < -0.4 is 4.74 Å². The first-order chi connectivity index (χ1) is 12.8. The van der Waals surface area contributed by atoms with Crippen molar-refractivity contribution in [1.29, 1.82) is 0 Å². The van der Waals surface area contributed by atoms with Crippen LogP contribution in [-0.4, -0.2) is 15.0 Å². The Balaban J connectivity index is 1.41. The summed E-state index contributed by atoms with van der Waals surface area (Å²) in [5, 5.41) is 8.26. The van der Waals surface area contributed by atoms with Crippen molar-refractivity contribution >= 4 is 11.0 Å². The maximum atomic E-state index is 14.4. The predicted octanol–water partition coefficient (Wildman–Crippen LogP) is 4.39. The van der Waals surface area contributed by atoms with E-state index >= 15 is 0 Å². The zero-order chi connectivity index (χ0) is 17.8. The second-order valence-electron chi connectivity index (χ2n) is 6.08. The Morgan fingerprint density at radius 1 is 0.923 bits per heavy atom. The minimum atomic E-state index is -0.264. The molecule has 4 aromatic rings. The molecule has 0 N–H and O–H groups in total. The fourth-order valence-corrected chi connectivity index (χ4v) is 2.87. The fraction of sp³-hybridized carbons (Fsp3) is 0.143. The second kappa shape index (κ2) is 7.35. The van der Waals surface area contributed by atoms with Gasteiger partial charge < -0.3 is 4.74 Å². The Morgan fingerprint density at radius 2 is 1.73 bits per heavy atom. The molecule has 0 spiro atoms. The zero-order valence-corrected chi connectivity index (χ0v) is 14.2. The van der Waals surface area contributed by atoms with Crippen molar-refractivity contribution in [3.8, 4) is 5.75 Å². The quantitative estimate of drug-likeness (QED) is 0.519. The van der Waals surface area contributed by atoms with Gasteiger partial charge in [-0.15, -0.1) is 5.10 Å². The van der Waals surface area contributed by atoms with Gasteiger partial charge in [0, 0.05) is 12.6 Å². The average molecular weight is 347 g/mol. The van der Waals surface area contributed by atoms with Gasteiger partial charge in [-0.05, 0) is 35.7 Å². The van der Waals surface area contributed by atoms with E-state index in [0.29, 0.717) is 30.9 Å². The average Bonchev–Trinajstić information content (AvgIpc) is 3.10. The molecule has 3 aromatic carbocycles. The van der Waals surface area contributed by atoms with E-state index in [1.165, 1.54) is 6.07 Å². The molecule has 130 valence electrons. The number of aryl methyl sites for hydroxylation is 2. The topological polar surface area (TPSA) is 39.9 Å². The van der Waals surface area contributed by atoms with Crippen LogP contribution in [0.3, 0.4) is 0 Å². The van der Waals surface area contributed by atoms with Gasteiger partial charge in [-0.25, -0.2) is 9.07 Å². The van der Waals surface area contributed by atoms with Crippen LogP contribution in [0.5, 0.6) is 5.75 Å². The van der Waals surface area contributed by atoms with Crippen LogP contribution in [0.1, 0.15) is 11.1 Å². The molecule has 0 saturated heterocycles. The van der Waals surface area contributed by atoms with Crippen molar-refractivity contribution in [2.24, 2.45) is 0 Å². The van der Waals surface area contributed by atoms with E-state index in [0.717, 1.165) is 16.6 Å². The van der Waals surface area contributed by atoms with Crippen molar-refractivity contribution in [1.82, 2.24) is 15.0 Å². The lowest BCUT2D eigenvalue weighted by Crippen LogP contribution is -2.05. The molecule has 0 bridgehead atoms. The summed E-state index contributed by atoms with van der Waals surface area (Å²) in [6.45, 7) is 0.992. The first-order valence-electron chi connectivity index (χ1n) is 8.53.